The first-order valence-electron chi connectivity index (χ1n) is 23.7. The van der Waals surface area contributed by atoms with Crippen LogP contribution in [0.25, 0.3) is 0 Å². The SMILES string of the molecule is CCCCCCCCCCCCCC(=O)OC[C@@H](COC(=O)CCCCCCCCCCCCCCCC(C)C)OC(=O)CCCCCCCCC(C)C. The molecule has 0 N–H and O–H groups in total. The fraction of sp³-hybridized carbons (Fsp3) is 0.938. The van der Waals surface area contributed by atoms with Gasteiger partial charge in [0.2, 0.25) is 0 Å². The van der Waals surface area contributed by atoms with Crippen LogP contribution in [0.1, 0.15) is 259 Å². The average molecular weight is 765 g/mol. The first-order valence-corrected chi connectivity index (χ1v) is 23.7. The highest BCUT2D eigenvalue weighted by Crippen LogP contribution is 2.17. The Bertz CT molecular complexity index is 824. The smallest absolute Gasteiger partial charge is 0.306 e. The summed E-state index contributed by atoms with van der Waals surface area (Å²) in [5.74, 6) is 0.739. The third-order valence-corrected chi connectivity index (χ3v) is 10.7. The van der Waals surface area contributed by atoms with E-state index in [0.29, 0.717) is 19.3 Å². The van der Waals surface area contributed by atoms with E-state index in [9.17, 15) is 14.4 Å². The molecule has 0 aromatic carbocycles. The second-order valence-electron chi connectivity index (χ2n) is 17.3. The minimum absolute atomic E-state index is 0.0654. The van der Waals surface area contributed by atoms with Crippen molar-refractivity contribution in [3.05, 3.63) is 0 Å². The topological polar surface area (TPSA) is 78.9 Å². The number of hydrogen-bond donors (Lipinski definition) is 0. The molecular weight excluding hydrogens is 673 g/mol. The zero-order valence-corrected chi connectivity index (χ0v) is 36.8. The van der Waals surface area contributed by atoms with Gasteiger partial charge in [-0.05, 0) is 31.1 Å². The molecule has 0 aromatic rings. The molecule has 0 aliphatic heterocycles. The third-order valence-electron chi connectivity index (χ3n) is 10.7. The fourth-order valence-electron chi connectivity index (χ4n) is 7.11. The lowest BCUT2D eigenvalue weighted by molar-refractivity contribution is -0.167. The van der Waals surface area contributed by atoms with Gasteiger partial charge in [-0.15, -0.1) is 0 Å². The first kappa shape index (κ1) is 52.4. The Balaban J connectivity index is 4.26. The Morgan fingerprint density at radius 3 is 0.907 bits per heavy atom. The minimum atomic E-state index is -0.761. The Labute approximate surface area is 336 Å². The Morgan fingerprint density at radius 2 is 0.611 bits per heavy atom. The van der Waals surface area contributed by atoms with Gasteiger partial charge in [0.15, 0.2) is 6.10 Å². The molecule has 0 saturated heterocycles. The molecule has 0 bridgehead atoms. The summed E-state index contributed by atoms with van der Waals surface area (Å²) in [6, 6.07) is 0. The average Bonchev–Trinajstić information content (AvgIpc) is 3.14. The van der Waals surface area contributed by atoms with Gasteiger partial charge in [-0.1, -0.05) is 221 Å². The molecule has 1 atom stereocenters. The minimum Gasteiger partial charge on any atom is -0.462 e. The summed E-state index contributed by atoms with van der Waals surface area (Å²) in [6.45, 7) is 11.3. The van der Waals surface area contributed by atoms with Crippen LogP contribution in [0.5, 0.6) is 0 Å². The number of hydrogen-bond acceptors (Lipinski definition) is 6. The van der Waals surface area contributed by atoms with Crippen molar-refractivity contribution in [3.8, 4) is 0 Å². The van der Waals surface area contributed by atoms with Crippen molar-refractivity contribution >= 4 is 17.9 Å². The predicted octanol–water partition coefficient (Wildman–Crippen LogP) is 15.0. The number of ether oxygens (including phenoxy) is 3. The molecule has 6 nitrogen and oxygen atoms in total. The summed E-state index contributed by atoms with van der Waals surface area (Å²) < 4.78 is 16.7. The van der Waals surface area contributed by atoms with Gasteiger partial charge in [-0.2, -0.15) is 0 Å². The molecule has 0 heterocycles. The molecular formula is C48H92O6. The second-order valence-corrected chi connectivity index (χ2v) is 17.3. The van der Waals surface area contributed by atoms with Gasteiger partial charge < -0.3 is 14.2 Å². The zero-order chi connectivity index (χ0) is 39.7. The number of esters is 3. The largest absolute Gasteiger partial charge is 0.462 e. The van der Waals surface area contributed by atoms with Crippen LogP contribution in [0.2, 0.25) is 0 Å². The highest BCUT2D eigenvalue weighted by atomic mass is 16.6. The number of carbonyl (C=O) groups excluding carboxylic acids is 3. The highest BCUT2D eigenvalue weighted by molar-refractivity contribution is 5.71. The number of unbranched alkanes of at least 4 members (excludes halogenated alkanes) is 27. The van der Waals surface area contributed by atoms with E-state index in [-0.39, 0.29) is 31.1 Å². The summed E-state index contributed by atoms with van der Waals surface area (Å²) in [4.78, 5) is 37.7. The summed E-state index contributed by atoms with van der Waals surface area (Å²) in [5.41, 5.74) is 0. The molecule has 320 valence electrons. The van der Waals surface area contributed by atoms with Gasteiger partial charge in [0.05, 0.1) is 0 Å². The molecule has 0 aliphatic carbocycles. The van der Waals surface area contributed by atoms with Crippen molar-refractivity contribution in [2.24, 2.45) is 11.8 Å². The van der Waals surface area contributed by atoms with E-state index in [1.54, 1.807) is 0 Å². The van der Waals surface area contributed by atoms with E-state index in [4.69, 9.17) is 14.2 Å². The van der Waals surface area contributed by atoms with Crippen molar-refractivity contribution in [2.45, 2.75) is 265 Å². The van der Waals surface area contributed by atoms with E-state index >= 15 is 0 Å². The molecule has 6 heteroatoms. The normalized spacial score (nSPS) is 12.1. The summed E-state index contributed by atoms with van der Waals surface area (Å²) in [5, 5.41) is 0. The fourth-order valence-corrected chi connectivity index (χ4v) is 7.11. The van der Waals surface area contributed by atoms with E-state index < -0.39 is 6.10 Å². The lowest BCUT2D eigenvalue weighted by Crippen LogP contribution is -2.30. The van der Waals surface area contributed by atoms with Crippen LogP contribution in [0.4, 0.5) is 0 Å². The van der Waals surface area contributed by atoms with E-state index in [2.05, 4.69) is 34.6 Å². The Morgan fingerprint density at radius 1 is 0.352 bits per heavy atom. The maximum absolute atomic E-state index is 12.7. The van der Waals surface area contributed by atoms with Crippen LogP contribution in [-0.4, -0.2) is 37.2 Å². The van der Waals surface area contributed by atoms with Gasteiger partial charge >= 0.3 is 17.9 Å². The Kier molecular flexibility index (Phi) is 39.8. The quantitative estimate of drug-likeness (QED) is 0.0350. The standard InChI is InChI=1S/C48H92O6/c1-6-7-8-9-10-11-15-19-22-28-33-38-46(49)52-41-45(54-48(51)40-35-30-25-24-27-32-37-44(4)5)42-53-47(50)39-34-29-23-20-17-14-12-13-16-18-21-26-31-36-43(2)3/h43-45H,6-42H2,1-5H3/t45-/m0/s1. The molecule has 0 unspecified atom stereocenters. The second kappa shape index (κ2) is 41.1. The molecule has 0 rings (SSSR count). The van der Waals surface area contributed by atoms with Crippen LogP contribution < -0.4 is 0 Å². The molecule has 54 heavy (non-hydrogen) atoms. The first-order chi connectivity index (χ1) is 26.2. The van der Waals surface area contributed by atoms with Crippen LogP contribution >= 0.6 is 0 Å². The van der Waals surface area contributed by atoms with Crippen molar-refractivity contribution in [1.82, 2.24) is 0 Å². The van der Waals surface area contributed by atoms with Crippen molar-refractivity contribution in [3.63, 3.8) is 0 Å². The maximum atomic E-state index is 12.7. The van der Waals surface area contributed by atoms with Gasteiger partial charge in [-0.25, -0.2) is 0 Å². The van der Waals surface area contributed by atoms with E-state index in [1.807, 2.05) is 0 Å². The van der Waals surface area contributed by atoms with Gasteiger partial charge in [-0.3, -0.25) is 14.4 Å². The molecule has 0 aliphatic rings. The number of rotatable bonds is 42. The predicted molar refractivity (Wildman–Crippen MR) is 229 cm³/mol. The molecule has 0 saturated carbocycles. The van der Waals surface area contributed by atoms with Crippen molar-refractivity contribution in [1.29, 1.82) is 0 Å². The van der Waals surface area contributed by atoms with Crippen LogP contribution in [0.3, 0.4) is 0 Å². The third kappa shape index (κ3) is 41.6. The van der Waals surface area contributed by atoms with Gasteiger partial charge in [0.25, 0.3) is 0 Å². The van der Waals surface area contributed by atoms with E-state index in [1.165, 1.54) is 148 Å². The van der Waals surface area contributed by atoms with Crippen LogP contribution in [0, 0.1) is 11.8 Å². The molecule has 0 spiro atoms. The van der Waals surface area contributed by atoms with Crippen molar-refractivity contribution < 1.29 is 28.6 Å². The summed E-state index contributed by atoms with van der Waals surface area (Å²) in [7, 11) is 0. The molecule has 0 aromatic heterocycles. The van der Waals surface area contributed by atoms with Gasteiger partial charge in [0.1, 0.15) is 13.2 Å². The van der Waals surface area contributed by atoms with Gasteiger partial charge in [0, 0.05) is 19.3 Å². The Hall–Kier alpha value is -1.59. The number of carbonyl (C=O) groups is 3. The lowest BCUT2D eigenvalue weighted by Gasteiger charge is -2.18. The highest BCUT2D eigenvalue weighted by Gasteiger charge is 2.19. The van der Waals surface area contributed by atoms with E-state index in [0.717, 1.165) is 69.6 Å². The molecule has 0 radical (unpaired) electrons. The van der Waals surface area contributed by atoms with Crippen LogP contribution in [-0.2, 0) is 28.6 Å². The molecule has 0 fully saturated rings. The molecule has 0 amide bonds. The summed E-state index contributed by atoms with van der Waals surface area (Å²) >= 11 is 0. The monoisotopic (exact) mass is 765 g/mol. The van der Waals surface area contributed by atoms with Crippen molar-refractivity contribution in [2.75, 3.05) is 13.2 Å². The maximum Gasteiger partial charge on any atom is 0.306 e. The zero-order valence-electron chi connectivity index (χ0n) is 36.8. The summed E-state index contributed by atoms with van der Waals surface area (Å²) in [6.07, 6.45) is 39.6. The van der Waals surface area contributed by atoms with Crippen LogP contribution in [0.15, 0.2) is 0 Å². The lowest BCUT2D eigenvalue weighted by atomic mass is 10.0.